The van der Waals surface area contributed by atoms with Gasteiger partial charge in [0, 0.05) is 5.56 Å². The molecule has 1 heterocycles. The number of amides is 1. The number of carbonyl (C=O) groups is 1. The van der Waals surface area contributed by atoms with Crippen molar-refractivity contribution >= 4 is 12.1 Å². The third kappa shape index (κ3) is 3.47. The number of rotatable bonds is 3. The first-order chi connectivity index (χ1) is 9.47. The molecule has 4 nitrogen and oxygen atoms in total. The Hall–Kier alpha value is -2.57. The summed E-state index contributed by atoms with van der Waals surface area (Å²) < 4.78 is 42.4. The van der Waals surface area contributed by atoms with Crippen LogP contribution in [0.5, 0.6) is 0 Å². The fraction of sp³-hybridized carbons (Fsp3) is 0.0769. The lowest BCUT2D eigenvalue weighted by molar-refractivity contribution is -0.137. The fourth-order valence-corrected chi connectivity index (χ4v) is 1.42. The van der Waals surface area contributed by atoms with Gasteiger partial charge in [0.2, 0.25) is 0 Å². The summed E-state index contributed by atoms with van der Waals surface area (Å²) >= 11 is 0. The Bertz CT molecular complexity index is 619. The number of alkyl halides is 3. The van der Waals surface area contributed by atoms with Crippen molar-refractivity contribution in [2.24, 2.45) is 5.10 Å². The highest BCUT2D eigenvalue weighted by atomic mass is 19.4. The average molecular weight is 282 g/mol. The number of halogens is 3. The van der Waals surface area contributed by atoms with Crippen molar-refractivity contribution in [3.05, 3.63) is 59.5 Å². The van der Waals surface area contributed by atoms with Crippen LogP contribution < -0.4 is 5.43 Å². The maximum absolute atomic E-state index is 12.5. The lowest BCUT2D eigenvalue weighted by atomic mass is 10.1. The van der Waals surface area contributed by atoms with Gasteiger partial charge >= 0.3 is 6.18 Å². The summed E-state index contributed by atoms with van der Waals surface area (Å²) in [6.07, 6.45) is -1.82. The molecule has 0 aliphatic rings. The van der Waals surface area contributed by atoms with E-state index < -0.39 is 17.6 Å². The predicted molar refractivity (Wildman–Crippen MR) is 65.2 cm³/mol. The third-order valence-corrected chi connectivity index (χ3v) is 2.35. The Kier molecular flexibility index (Phi) is 3.88. The standard InChI is InChI=1S/C13H9F3N2O2/c14-13(15,16)10-4-1-3-9(7-10)12(19)18-17-8-11-5-2-6-20-11/h1-8H,(H,18,19)/b17-8-. The van der Waals surface area contributed by atoms with Crippen LogP contribution in [0.3, 0.4) is 0 Å². The molecule has 0 atom stereocenters. The summed E-state index contributed by atoms with van der Waals surface area (Å²) in [5.74, 6) is -0.326. The molecule has 0 saturated heterocycles. The molecule has 0 unspecified atom stereocenters. The molecule has 0 fully saturated rings. The summed E-state index contributed by atoms with van der Waals surface area (Å²) in [6, 6.07) is 7.33. The average Bonchev–Trinajstić information content (AvgIpc) is 2.91. The number of nitrogens with zero attached hydrogens (tertiary/aromatic N) is 1. The number of hydrogen-bond acceptors (Lipinski definition) is 3. The highest BCUT2D eigenvalue weighted by molar-refractivity contribution is 5.94. The quantitative estimate of drug-likeness (QED) is 0.694. The van der Waals surface area contributed by atoms with Crippen molar-refractivity contribution in [2.75, 3.05) is 0 Å². The van der Waals surface area contributed by atoms with E-state index in [2.05, 4.69) is 10.5 Å². The molecule has 7 heteroatoms. The Morgan fingerprint density at radius 3 is 2.70 bits per heavy atom. The molecule has 1 N–H and O–H groups in total. The minimum Gasteiger partial charge on any atom is -0.463 e. The van der Waals surface area contributed by atoms with Crippen LogP contribution in [0.2, 0.25) is 0 Å². The van der Waals surface area contributed by atoms with E-state index in [-0.39, 0.29) is 5.56 Å². The number of benzene rings is 1. The molecule has 0 aliphatic carbocycles. The van der Waals surface area contributed by atoms with E-state index in [1.54, 1.807) is 12.1 Å². The van der Waals surface area contributed by atoms with Crippen molar-refractivity contribution in [1.82, 2.24) is 5.43 Å². The van der Waals surface area contributed by atoms with Gasteiger partial charge in [-0.15, -0.1) is 0 Å². The molecule has 20 heavy (non-hydrogen) atoms. The van der Waals surface area contributed by atoms with Crippen LogP contribution in [-0.4, -0.2) is 12.1 Å². The maximum atomic E-state index is 12.5. The largest absolute Gasteiger partial charge is 0.463 e. The minimum atomic E-state index is -4.49. The van der Waals surface area contributed by atoms with Gasteiger partial charge in [0.25, 0.3) is 5.91 Å². The highest BCUT2D eigenvalue weighted by Gasteiger charge is 2.30. The Labute approximate surface area is 111 Å². The summed E-state index contributed by atoms with van der Waals surface area (Å²) in [5, 5.41) is 3.58. The summed E-state index contributed by atoms with van der Waals surface area (Å²) in [5.41, 5.74) is 1.10. The summed E-state index contributed by atoms with van der Waals surface area (Å²) in [6.45, 7) is 0. The lowest BCUT2D eigenvalue weighted by Gasteiger charge is -2.07. The molecule has 0 radical (unpaired) electrons. The second kappa shape index (κ2) is 5.60. The molecule has 0 saturated carbocycles. The number of nitrogens with one attached hydrogen (secondary N) is 1. The van der Waals surface area contributed by atoms with Crippen LogP contribution in [0.4, 0.5) is 13.2 Å². The first-order valence-corrected chi connectivity index (χ1v) is 5.51. The van der Waals surface area contributed by atoms with Crippen LogP contribution in [0.25, 0.3) is 0 Å². The van der Waals surface area contributed by atoms with Gasteiger partial charge in [0.15, 0.2) is 0 Å². The van der Waals surface area contributed by atoms with Gasteiger partial charge in [-0.1, -0.05) is 6.07 Å². The molecule has 0 spiro atoms. The van der Waals surface area contributed by atoms with Gasteiger partial charge in [-0.3, -0.25) is 4.79 Å². The van der Waals surface area contributed by atoms with Gasteiger partial charge in [0.1, 0.15) is 5.76 Å². The number of hydrogen-bond donors (Lipinski definition) is 1. The van der Waals surface area contributed by atoms with E-state index in [0.717, 1.165) is 18.2 Å². The molecule has 0 bridgehead atoms. The van der Waals surface area contributed by atoms with E-state index in [1.165, 1.54) is 18.5 Å². The molecule has 1 amide bonds. The molecule has 104 valence electrons. The Balaban J connectivity index is 2.06. The van der Waals surface area contributed by atoms with Gasteiger partial charge in [0.05, 0.1) is 18.0 Å². The molecular weight excluding hydrogens is 273 g/mol. The molecule has 2 rings (SSSR count). The first kappa shape index (κ1) is 13.9. The number of hydrazone groups is 1. The second-order valence-corrected chi connectivity index (χ2v) is 3.79. The summed E-state index contributed by atoms with van der Waals surface area (Å²) in [4.78, 5) is 11.6. The Morgan fingerprint density at radius 2 is 2.05 bits per heavy atom. The van der Waals surface area contributed by atoms with Gasteiger partial charge in [-0.05, 0) is 30.3 Å². The number of carbonyl (C=O) groups excluding carboxylic acids is 1. The molecule has 1 aromatic carbocycles. The van der Waals surface area contributed by atoms with E-state index in [0.29, 0.717) is 5.76 Å². The topological polar surface area (TPSA) is 54.6 Å². The smallest absolute Gasteiger partial charge is 0.416 e. The van der Waals surface area contributed by atoms with Crippen molar-refractivity contribution < 1.29 is 22.4 Å². The van der Waals surface area contributed by atoms with Gasteiger partial charge in [-0.25, -0.2) is 5.43 Å². The lowest BCUT2D eigenvalue weighted by Crippen LogP contribution is -2.18. The van der Waals surface area contributed by atoms with Crippen LogP contribution in [0.15, 0.2) is 52.2 Å². The van der Waals surface area contributed by atoms with Crippen molar-refractivity contribution in [2.45, 2.75) is 6.18 Å². The molecule has 1 aromatic heterocycles. The zero-order valence-corrected chi connectivity index (χ0v) is 10.0. The molecular formula is C13H9F3N2O2. The first-order valence-electron chi connectivity index (χ1n) is 5.51. The van der Waals surface area contributed by atoms with Crippen molar-refractivity contribution in [1.29, 1.82) is 0 Å². The van der Waals surface area contributed by atoms with E-state index in [1.807, 2.05) is 0 Å². The fourth-order valence-electron chi connectivity index (χ4n) is 1.42. The SMILES string of the molecule is O=C(N/N=C\c1ccco1)c1cccc(C(F)(F)F)c1. The van der Waals surface area contributed by atoms with E-state index in [4.69, 9.17) is 4.42 Å². The van der Waals surface area contributed by atoms with Gasteiger partial charge in [-0.2, -0.15) is 18.3 Å². The molecule has 0 aliphatic heterocycles. The second-order valence-electron chi connectivity index (χ2n) is 3.79. The zero-order valence-electron chi connectivity index (χ0n) is 10.0. The van der Waals surface area contributed by atoms with Crippen molar-refractivity contribution in [3.63, 3.8) is 0 Å². The van der Waals surface area contributed by atoms with Crippen LogP contribution >= 0.6 is 0 Å². The van der Waals surface area contributed by atoms with Crippen molar-refractivity contribution in [3.8, 4) is 0 Å². The normalized spacial score (nSPS) is 11.8. The van der Waals surface area contributed by atoms with Crippen LogP contribution in [0, 0.1) is 0 Å². The van der Waals surface area contributed by atoms with Crippen LogP contribution in [0.1, 0.15) is 21.7 Å². The maximum Gasteiger partial charge on any atom is 0.416 e. The minimum absolute atomic E-state index is 0.128. The molecule has 2 aromatic rings. The zero-order chi connectivity index (χ0) is 14.6. The number of furan rings is 1. The summed E-state index contributed by atoms with van der Waals surface area (Å²) in [7, 11) is 0. The van der Waals surface area contributed by atoms with Crippen LogP contribution in [-0.2, 0) is 6.18 Å². The van der Waals surface area contributed by atoms with Gasteiger partial charge < -0.3 is 4.42 Å². The predicted octanol–water partition coefficient (Wildman–Crippen LogP) is 3.06. The monoisotopic (exact) mass is 282 g/mol. The highest BCUT2D eigenvalue weighted by Crippen LogP contribution is 2.29. The Morgan fingerprint density at radius 1 is 1.25 bits per heavy atom. The third-order valence-electron chi connectivity index (χ3n) is 2.35. The van der Waals surface area contributed by atoms with E-state index in [9.17, 15) is 18.0 Å². The van der Waals surface area contributed by atoms with E-state index >= 15 is 0 Å².